The molecule has 0 aliphatic carbocycles. The van der Waals surface area contributed by atoms with E-state index in [4.69, 9.17) is 9.47 Å². The minimum Gasteiger partial charge on any atom is -0.442 e. The minimum atomic E-state index is -0.545. The van der Waals surface area contributed by atoms with Crippen molar-refractivity contribution in [3.63, 3.8) is 0 Å². The SMILES string of the molecule is CC(=O)N(CC1CN(c2ccc(N3CCOCC3)c(F)c2)C(=O)O1)Sc1ccccc1. The highest BCUT2D eigenvalue weighted by Gasteiger charge is 2.35. The molecule has 1 atom stereocenters. The molecule has 7 nitrogen and oxygen atoms in total. The van der Waals surface area contributed by atoms with Gasteiger partial charge < -0.3 is 14.4 Å². The minimum absolute atomic E-state index is 0.135. The second-order valence-corrected chi connectivity index (χ2v) is 8.43. The average Bonchev–Trinajstić information content (AvgIpc) is 3.14. The first-order valence-corrected chi connectivity index (χ1v) is 10.9. The van der Waals surface area contributed by atoms with E-state index in [0.717, 1.165) is 4.90 Å². The Kier molecular flexibility index (Phi) is 6.62. The fourth-order valence-electron chi connectivity index (χ4n) is 3.58. The molecule has 164 valence electrons. The number of amides is 2. The number of nitrogens with zero attached hydrogens (tertiary/aromatic N) is 3. The Hall–Kier alpha value is -2.78. The van der Waals surface area contributed by atoms with Crippen molar-refractivity contribution in [2.75, 3.05) is 49.2 Å². The van der Waals surface area contributed by atoms with Crippen LogP contribution in [0.3, 0.4) is 0 Å². The first-order chi connectivity index (χ1) is 15.0. The van der Waals surface area contributed by atoms with E-state index >= 15 is 0 Å². The number of carbonyl (C=O) groups excluding carboxylic acids is 2. The zero-order valence-electron chi connectivity index (χ0n) is 17.2. The van der Waals surface area contributed by atoms with Gasteiger partial charge in [0.25, 0.3) is 0 Å². The van der Waals surface area contributed by atoms with Gasteiger partial charge in [-0.25, -0.2) is 9.18 Å². The number of cyclic esters (lactones) is 1. The zero-order chi connectivity index (χ0) is 21.8. The number of halogens is 1. The van der Waals surface area contributed by atoms with Gasteiger partial charge >= 0.3 is 6.09 Å². The zero-order valence-corrected chi connectivity index (χ0v) is 18.0. The lowest BCUT2D eigenvalue weighted by molar-refractivity contribution is -0.124. The van der Waals surface area contributed by atoms with Crippen LogP contribution < -0.4 is 9.80 Å². The fourth-order valence-corrected chi connectivity index (χ4v) is 4.48. The second-order valence-electron chi connectivity index (χ2n) is 7.34. The maximum absolute atomic E-state index is 14.8. The molecule has 31 heavy (non-hydrogen) atoms. The summed E-state index contributed by atoms with van der Waals surface area (Å²) in [5.41, 5.74) is 0.935. The molecule has 0 N–H and O–H groups in total. The number of hydrogen-bond acceptors (Lipinski definition) is 6. The van der Waals surface area contributed by atoms with Gasteiger partial charge in [-0.2, -0.15) is 0 Å². The monoisotopic (exact) mass is 445 g/mol. The fraction of sp³-hybridized carbons (Fsp3) is 0.364. The quantitative estimate of drug-likeness (QED) is 0.634. The summed E-state index contributed by atoms with van der Waals surface area (Å²) in [5, 5.41) is 0. The number of anilines is 2. The van der Waals surface area contributed by atoms with E-state index in [2.05, 4.69) is 0 Å². The summed E-state index contributed by atoms with van der Waals surface area (Å²) in [4.78, 5) is 28.8. The maximum Gasteiger partial charge on any atom is 0.414 e. The third-order valence-electron chi connectivity index (χ3n) is 5.15. The van der Waals surface area contributed by atoms with Crippen molar-refractivity contribution in [3.05, 3.63) is 54.3 Å². The summed E-state index contributed by atoms with van der Waals surface area (Å²) in [5.74, 6) is -0.523. The van der Waals surface area contributed by atoms with Crippen LogP contribution in [0.4, 0.5) is 20.6 Å². The van der Waals surface area contributed by atoms with E-state index in [1.165, 1.54) is 29.8 Å². The number of hydrogen-bond donors (Lipinski definition) is 0. The van der Waals surface area contributed by atoms with Gasteiger partial charge in [0, 0.05) is 24.9 Å². The molecular formula is C22H24FN3O4S. The summed E-state index contributed by atoms with van der Waals surface area (Å²) in [7, 11) is 0. The molecular weight excluding hydrogens is 421 g/mol. The van der Waals surface area contributed by atoms with E-state index in [1.54, 1.807) is 16.4 Å². The van der Waals surface area contributed by atoms with Gasteiger partial charge in [0.1, 0.15) is 11.9 Å². The van der Waals surface area contributed by atoms with Gasteiger partial charge in [-0.3, -0.25) is 14.0 Å². The molecule has 0 bridgehead atoms. The number of ether oxygens (including phenoxy) is 2. The average molecular weight is 446 g/mol. The highest BCUT2D eigenvalue weighted by atomic mass is 32.2. The van der Waals surface area contributed by atoms with Gasteiger partial charge in [-0.05, 0) is 42.3 Å². The van der Waals surface area contributed by atoms with Crippen molar-refractivity contribution < 1.29 is 23.5 Å². The summed E-state index contributed by atoms with van der Waals surface area (Å²) in [6.07, 6.45) is -1.05. The van der Waals surface area contributed by atoms with Gasteiger partial charge in [0.15, 0.2) is 0 Å². The third kappa shape index (κ3) is 5.11. The molecule has 2 amide bonds. The third-order valence-corrected chi connectivity index (χ3v) is 6.26. The van der Waals surface area contributed by atoms with Crippen molar-refractivity contribution in [1.29, 1.82) is 0 Å². The molecule has 0 aromatic heterocycles. The molecule has 0 radical (unpaired) electrons. The van der Waals surface area contributed by atoms with E-state index in [1.807, 2.05) is 35.2 Å². The Labute approximate surface area is 184 Å². The molecule has 2 aromatic carbocycles. The highest BCUT2D eigenvalue weighted by Crippen LogP contribution is 2.30. The summed E-state index contributed by atoms with van der Waals surface area (Å²) in [6, 6.07) is 14.3. The number of benzene rings is 2. The van der Waals surface area contributed by atoms with Crippen molar-refractivity contribution in [2.45, 2.75) is 17.9 Å². The summed E-state index contributed by atoms with van der Waals surface area (Å²) >= 11 is 1.30. The molecule has 1 unspecified atom stereocenters. The molecule has 2 heterocycles. The molecule has 2 aliphatic heterocycles. The standard InChI is InChI=1S/C22H24FN3O4S/c1-16(27)26(31-19-5-3-2-4-6-19)15-18-14-25(22(28)30-18)17-7-8-21(20(23)13-17)24-9-11-29-12-10-24/h2-8,13,18H,9-12,14-15H2,1H3. The van der Waals surface area contributed by atoms with E-state index in [-0.39, 0.29) is 24.8 Å². The lowest BCUT2D eigenvalue weighted by Gasteiger charge is -2.29. The molecule has 0 saturated carbocycles. The van der Waals surface area contributed by atoms with Crippen LogP contribution in [0.25, 0.3) is 0 Å². The molecule has 2 fully saturated rings. The Balaban J connectivity index is 1.42. The predicted molar refractivity (Wildman–Crippen MR) is 117 cm³/mol. The van der Waals surface area contributed by atoms with E-state index in [9.17, 15) is 14.0 Å². The van der Waals surface area contributed by atoms with Crippen LogP contribution in [0.2, 0.25) is 0 Å². The number of carbonyl (C=O) groups is 2. The second kappa shape index (κ2) is 9.57. The van der Waals surface area contributed by atoms with Crippen molar-refractivity contribution >= 4 is 35.3 Å². The lowest BCUT2D eigenvalue weighted by atomic mass is 10.2. The summed E-state index contributed by atoms with van der Waals surface area (Å²) in [6.45, 7) is 4.35. The Morgan fingerprint density at radius 2 is 1.94 bits per heavy atom. The highest BCUT2D eigenvalue weighted by molar-refractivity contribution is 7.97. The van der Waals surface area contributed by atoms with Crippen molar-refractivity contribution in [2.24, 2.45) is 0 Å². The van der Waals surface area contributed by atoms with E-state index in [0.29, 0.717) is 37.7 Å². The Bertz CT molecular complexity index is 940. The first kappa shape index (κ1) is 21.5. The van der Waals surface area contributed by atoms with Crippen LogP contribution in [-0.4, -0.2) is 61.8 Å². The Morgan fingerprint density at radius 1 is 1.19 bits per heavy atom. The van der Waals surface area contributed by atoms with Crippen molar-refractivity contribution in [1.82, 2.24) is 4.31 Å². The predicted octanol–water partition coefficient (Wildman–Crippen LogP) is 3.54. The van der Waals surface area contributed by atoms with Crippen LogP contribution in [0, 0.1) is 5.82 Å². The topological polar surface area (TPSA) is 62.3 Å². The number of rotatable bonds is 6. The molecule has 0 spiro atoms. The van der Waals surface area contributed by atoms with Crippen LogP contribution >= 0.6 is 11.9 Å². The normalized spacial score (nSPS) is 18.8. The number of morpholine rings is 1. The van der Waals surface area contributed by atoms with Crippen LogP contribution in [0.5, 0.6) is 0 Å². The molecule has 2 aliphatic rings. The van der Waals surface area contributed by atoms with Crippen LogP contribution in [0.15, 0.2) is 53.4 Å². The maximum atomic E-state index is 14.8. The van der Waals surface area contributed by atoms with Gasteiger partial charge in [0.2, 0.25) is 5.91 Å². The first-order valence-electron chi connectivity index (χ1n) is 10.1. The largest absolute Gasteiger partial charge is 0.442 e. The van der Waals surface area contributed by atoms with Crippen LogP contribution in [0.1, 0.15) is 6.92 Å². The summed E-state index contributed by atoms with van der Waals surface area (Å²) < 4.78 is 27.1. The van der Waals surface area contributed by atoms with Gasteiger partial charge in [0.05, 0.1) is 37.7 Å². The Morgan fingerprint density at radius 3 is 2.61 bits per heavy atom. The van der Waals surface area contributed by atoms with Crippen molar-refractivity contribution in [3.8, 4) is 0 Å². The molecule has 2 saturated heterocycles. The van der Waals surface area contributed by atoms with Crippen LogP contribution in [-0.2, 0) is 14.3 Å². The van der Waals surface area contributed by atoms with E-state index < -0.39 is 12.2 Å². The smallest absolute Gasteiger partial charge is 0.414 e. The molecule has 9 heteroatoms. The van der Waals surface area contributed by atoms with Gasteiger partial charge in [-0.1, -0.05) is 18.2 Å². The lowest BCUT2D eigenvalue weighted by Crippen LogP contribution is -2.36. The molecule has 2 aromatic rings. The molecule has 4 rings (SSSR count). The van der Waals surface area contributed by atoms with Gasteiger partial charge in [-0.15, -0.1) is 0 Å².